The standard InChI is InChI=1S/C28H30N6O5/c1-27(2)15-33(13-17-3-5-18(6-4-17)25-32-29-16-39-25)12-11-28(27,38)22-9-7-19-20(30-22)14-34(26(19)37)21-8-10-23(35)31-24(21)36/h3-7,9,16,21,38H,8,10-15H2,1-2H3,(H,31,35,36)/t21-,28+/m1/s1. The monoisotopic (exact) mass is 530 g/mol. The van der Waals surface area contributed by atoms with Gasteiger partial charge in [-0.2, -0.15) is 0 Å². The Balaban J connectivity index is 1.16. The van der Waals surface area contributed by atoms with E-state index in [4.69, 9.17) is 9.40 Å². The summed E-state index contributed by atoms with van der Waals surface area (Å²) in [6.07, 6.45) is 2.28. The minimum atomic E-state index is -1.19. The quantitative estimate of drug-likeness (QED) is 0.474. The molecule has 11 nitrogen and oxygen atoms in total. The van der Waals surface area contributed by atoms with Gasteiger partial charge >= 0.3 is 0 Å². The molecular formula is C28H30N6O5. The highest BCUT2D eigenvalue weighted by molar-refractivity contribution is 6.05. The van der Waals surface area contributed by atoms with E-state index in [-0.39, 0.29) is 24.8 Å². The van der Waals surface area contributed by atoms with E-state index in [1.54, 1.807) is 12.1 Å². The molecule has 0 saturated carbocycles. The van der Waals surface area contributed by atoms with Crippen molar-refractivity contribution in [2.75, 3.05) is 13.1 Å². The van der Waals surface area contributed by atoms with Gasteiger partial charge in [-0.15, -0.1) is 10.2 Å². The molecule has 6 rings (SSSR count). The normalized spacial score (nSPS) is 25.1. The van der Waals surface area contributed by atoms with Crippen molar-refractivity contribution in [2.45, 2.75) is 57.8 Å². The van der Waals surface area contributed by atoms with Crippen LogP contribution in [0.2, 0.25) is 0 Å². The molecule has 2 N–H and O–H groups in total. The summed E-state index contributed by atoms with van der Waals surface area (Å²) < 4.78 is 5.26. The number of carbonyl (C=O) groups is 3. The van der Waals surface area contributed by atoms with Crippen molar-refractivity contribution in [3.63, 3.8) is 0 Å². The van der Waals surface area contributed by atoms with Gasteiger partial charge in [-0.3, -0.25) is 29.6 Å². The number of aliphatic hydroxyl groups is 1. The molecule has 202 valence electrons. The van der Waals surface area contributed by atoms with Crippen LogP contribution in [-0.4, -0.2) is 66.9 Å². The van der Waals surface area contributed by atoms with Crippen LogP contribution >= 0.6 is 0 Å². The van der Waals surface area contributed by atoms with Crippen LogP contribution in [0.1, 0.15) is 60.4 Å². The first-order chi connectivity index (χ1) is 18.6. The van der Waals surface area contributed by atoms with E-state index in [2.05, 4.69) is 20.4 Å². The molecule has 2 saturated heterocycles. The number of pyridine rings is 1. The maximum absolute atomic E-state index is 13.1. The maximum Gasteiger partial charge on any atom is 0.256 e. The lowest BCUT2D eigenvalue weighted by Gasteiger charge is -2.50. The smallest absolute Gasteiger partial charge is 0.256 e. The zero-order valence-corrected chi connectivity index (χ0v) is 21.9. The predicted molar refractivity (Wildman–Crippen MR) is 138 cm³/mol. The third kappa shape index (κ3) is 4.41. The largest absolute Gasteiger partial charge is 0.423 e. The molecule has 3 amide bonds. The molecule has 3 aliphatic heterocycles. The summed E-state index contributed by atoms with van der Waals surface area (Å²) in [6.45, 7) is 6.30. The van der Waals surface area contributed by atoms with Gasteiger partial charge in [0.25, 0.3) is 5.91 Å². The number of hydrogen-bond acceptors (Lipinski definition) is 9. The minimum absolute atomic E-state index is 0.177. The van der Waals surface area contributed by atoms with Crippen LogP contribution in [0, 0.1) is 5.41 Å². The first-order valence-corrected chi connectivity index (χ1v) is 13.1. The molecule has 0 radical (unpaired) electrons. The fraction of sp³-hybridized carbons (Fsp3) is 0.429. The highest BCUT2D eigenvalue weighted by Crippen LogP contribution is 2.46. The topological polar surface area (TPSA) is 142 Å². The molecule has 2 atom stereocenters. The van der Waals surface area contributed by atoms with E-state index in [0.29, 0.717) is 48.8 Å². The summed E-state index contributed by atoms with van der Waals surface area (Å²) in [7, 11) is 0. The summed E-state index contributed by atoms with van der Waals surface area (Å²) in [5, 5.41) is 22.0. The average Bonchev–Trinajstić information content (AvgIpc) is 3.55. The lowest BCUT2D eigenvalue weighted by atomic mass is 9.68. The summed E-state index contributed by atoms with van der Waals surface area (Å²) >= 11 is 0. The van der Waals surface area contributed by atoms with Crippen molar-refractivity contribution in [3.8, 4) is 11.5 Å². The highest BCUT2D eigenvalue weighted by Gasteiger charge is 2.50. The van der Waals surface area contributed by atoms with Crippen molar-refractivity contribution in [3.05, 3.63) is 65.3 Å². The summed E-state index contributed by atoms with van der Waals surface area (Å²) in [4.78, 5) is 45.5. The molecule has 0 aliphatic carbocycles. The first kappa shape index (κ1) is 25.3. The minimum Gasteiger partial charge on any atom is -0.423 e. The third-order valence-corrected chi connectivity index (χ3v) is 8.29. The predicted octanol–water partition coefficient (Wildman–Crippen LogP) is 2.01. The Morgan fingerprint density at radius 3 is 2.62 bits per heavy atom. The van der Waals surface area contributed by atoms with Crippen LogP contribution < -0.4 is 5.32 Å². The summed E-state index contributed by atoms with van der Waals surface area (Å²) in [5.41, 5.74) is 1.81. The Morgan fingerprint density at radius 2 is 1.92 bits per heavy atom. The third-order valence-electron chi connectivity index (χ3n) is 8.29. The molecule has 0 spiro atoms. The second kappa shape index (κ2) is 9.35. The number of rotatable bonds is 5. The maximum atomic E-state index is 13.1. The van der Waals surface area contributed by atoms with E-state index >= 15 is 0 Å². The van der Waals surface area contributed by atoms with Gasteiger partial charge < -0.3 is 14.4 Å². The SMILES string of the molecule is CC1(C)CN(Cc2ccc(-c3nnco3)cc2)CC[C@]1(O)c1ccc2c(n1)CN([C@@H]1CCC(=O)NC1=O)C2=O. The van der Waals surface area contributed by atoms with Gasteiger partial charge in [0.2, 0.25) is 24.1 Å². The van der Waals surface area contributed by atoms with Crippen molar-refractivity contribution in [1.82, 2.24) is 30.3 Å². The van der Waals surface area contributed by atoms with Gasteiger partial charge in [-0.25, -0.2) is 0 Å². The lowest BCUT2D eigenvalue weighted by molar-refractivity contribution is -0.137. The fourth-order valence-electron chi connectivity index (χ4n) is 6.01. The Bertz CT molecular complexity index is 1440. The van der Waals surface area contributed by atoms with Gasteiger partial charge in [0.15, 0.2) is 0 Å². The summed E-state index contributed by atoms with van der Waals surface area (Å²) in [6, 6.07) is 10.7. The van der Waals surface area contributed by atoms with Gasteiger partial charge in [0.05, 0.1) is 23.5 Å². The van der Waals surface area contributed by atoms with Crippen LogP contribution in [0.4, 0.5) is 0 Å². The number of piperidine rings is 2. The molecule has 0 unspecified atom stereocenters. The van der Waals surface area contributed by atoms with Crippen LogP contribution in [0.5, 0.6) is 0 Å². The number of fused-ring (bicyclic) bond motifs is 1. The van der Waals surface area contributed by atoms with Crippen molar-refractivity contribution < 1.29 is 23.9 Å². The van der Waals surface area contributed by atoms with Crippen LogP contribution in [0.25, 0.3) is 11.5 Å². The molecule has 3 aromatic rings. The Labute approximate surface area is 225 Å². The number of hydrogen-bond donors (Lipinski definition) is 2. The highest BCUT2D eigenvalue weighted by atomic mass is 16.4. The molecular weight excluding hydrogens is 500 g/mol. The summed E-state index contributed by atoms with van der Waals surface area (Å²) in [5.74, 6) is -0.569. The molecule has 2 fully saturated rings. The Kier molecular flexibility index (Phi) is 6.07. The number of carbonyl (C=O) groups excluding carboxylic acids is 3. The van der Waals surface area contributed by atoms with Crippen LogP contribution in [0.3, 0.4) is 0 Å². The van der Waals surface area contributed by atoms with Crippen LogP contribution in [-0.2, 0) is 28.3 Å². The van der Waals surface area contributed by atoms with Gasteiger partial charge in [0.1, 0.15) is 11.6 Å². The molecule has 1 aromatic carbocycles. The average molecular weight is 531 g/mol. The van der Waals surface area contributed by atoms with E-state index in [0.717, 1.165) is 17.7 Å². The van der Waals surface area contributed by atoms with Crippen LogP contribution in [0.15, 0.2) is 47.2 Å². The van der Waals surface area contributed by atoms with Gasteiger partial charge in [-0.1, -0.05) is 26.0 Å². The van der Waals surface area contributed by atoms with E-state index in [1.807, 2.05) is 38.1 Å². The number of amides is 3. The van der Waals surface area contributed by atoms with E-state index in [9.17, 15) is 19.5 Å². The lowest BCUT2D eigenvalue weighted by Crippen LogP contribution is -2.55. The number of benzene rings is 1. The number of imide groups is 1. The second-order valence-corrected chi connectivity index (χ2v) is 11.2. The van der Waals surface area contributed by atoms with Gasteiger partial charge in [-0.05, 0) is 42.7 Å². The first-order valence-electron chi connectivity index (χ1n) is 13.1. The molecule has 39 heavy (non-hydrogen) atoms. The number of aromatic nitrogens is 3. The molecule has 5 heterocycles. The van der Waals surface area contributed by atoms with Crippen molar-refractivity contribution in [2.24, 2.45) is 5.41 Å². The molecule has 2 aromatic heterocycles. The molecule has 11 heteroatoms. The Hall–Kier alpha value is -3.96. The van der Waals surface area contributed by atoms with E-state index in [1.165, 1.54) is 11.3 Å². The number of nitrogens with one attached hydrogen (secondary N) is 1. The molecule has 3 aliphatic rings. The zero-order valence-electron chi connectivity index (χ0n) is 21.9. The number of nitrogens with zero attached hydrogens (tertiary/aromatic N) is 5. The zero-order chi connectivity index (χ0) is 27.4. The Morgan fingerprint density at radius 1 is 1.13 bits per heavy atom. The number of likely N-dealkylation sites (tertiary alicyclic amines) is 1. The fourth-order valence-corrected chi connectivity index (χ4v) is 6.01. The van der Waals surface area contributed by atoms with Crippen molar-refractivity contribution in [1.29, 1.82) is 0 Å². The van der Waals surface area contributed by atoms with E-state index < -0.39 is 23.0 Å². The van der Waals surface area contributed by atoms with Gasteiger partial charge in [0, 0.05) is 37.0 Å². The van der Waals surface area contributed by atoms with Crippen molar-refractivity contribution >= 4 is 17.7 Å². The molecule has 0 bridgehead atoms. The second-order valence-electron chi connectivity index (χ2n) is 11.2.